The lowest BCUT2D eigenvalue weighted by Crippen LogP contribution is -2.49. The van der Waals surface area contributed by atoms with Gasteiger partial charge in [0.2, 0.25) is 10.0 Å². The van der Waals surface area contributed by atoms with Gasteiger partial charge in [-0.25, -0.2) is 13.1 Å². The summed E-state index contributed by atoms with van der Waals surface area (Å²) in [7, 11) is -3.73. The molecule has 2 rings (SSSR count). The summed E-state index contributed by atoms with van der Waals surface area (Å²) in [4.78, 5) is 25.6. The molecule has 1 saturated heterocycles. The van der Waals surface area contributed by atoms with Gasteiger partial charge >= 0.3 is 5.97 Å². The van der Waals surface area contributed by atoms with Crippen molar-refractivity contribution in [2.75, 3.05) is 13.1 Å². The number of benzene rings is 1. The molecular weight excluding hydrogens is 344 g/mol. The molecule has 0 aromatic heterocycles. The zero-order valence-corrected chi connectivity index (χ0v) is 14.8. The molecule has 1 aromatic rings. The molecule has 0 aliphatic carbocycles. The molecule has 2 N–H and O–H groups in total. The van der Waals surface area contributed by atoms with Gasteiger partial charge in [-0.05, 0) is 38.0 Å². The molecule has 1 aromatic carbocycles. The van der Waals surface area contributed by atoms with E-state index < -0.39 is 28.0 Å². The number of rotatable bonds is 6. The summed E-state index contributed by atoms with van der Waals surface area (Å²) in [5, 5.41) is 9.28. The van der Waals surface area contributed by atoms with Gasteiger partial charge in [-0.15, -0.1) is 6.58 Å². The number of hydrogen-bond donors (Lipinski definition) is 2. The van der Waals surface area contributed by atoms with Crippen molar-refractivity contribution in [1.82, 2.24) is 9.62 Å². The Bertz CT molecular complexity index is 775. The lowest BCUT2D eigenvalue weighted by atomic mass is 9.90. The number of sulfonamides is 1. The first kappa shape index (κ1) is 19.1. The Labute approximate surface area is 147 Å². The number of likely N-dealkylation sites (tertiary alicyclic amines) is 1. The van der Waals surface area contributed by atoms with E-state index in [9.17, 15) is 23.1 Å². The SMILES string of the molecule is C=CCNS(=O)(=O)c1cccc(C(=O)N2CCC[C@@H](C(=O)O)[C@H]2C)c1. The van der Waals surface area contributed by atoms with Gasteiger partial charge < -0.3 is 10.0 Å². The quantitative estimate of drug-likeness (QED) is 0.742. The van der Waals surface area contributed by atoms with Crippen LogP contribution in [0.25, 0.3) is 0 Å². The molecule has 0 spiro atoms. The van der Waals surface area contributed by atoms with Crippen molar-refractivity contribution >= 4 is 21.9 Å². The topological polar surface area (TPSA) is 104 Å². The average Bonchev–Trinajstić information content (AvgIpc) is 2.59. The zero-order valence-electron chi connectivity index (χ0n) is 14.0. The highest BCUT2D eigenvalue weighted by Gasteiger charge is 2.35. The number of carbonyl (C=O) groups is 2. The van der Waals surface area contributed by atoms with Crippen molar-refractivity contribution in [3.8, 4) is 0 Å². The average molecular weight is 366 g/mol. The molecule has 1 aliphatic rings. The summed E-state index contributed by atoms with van der Waals surface area (Å²) in [6.07, 6.45) is 2.56. The van der Waals surface area contributed by atoms with E-state index in [0.29, 0.717) is 19.4 Å². The molecule has 2 atom stereocenters. The molecule has 25 heavy (non-hydrogen) atoms. The van der Waals surface area contributed by atoms with Crippen LogP contribution in [-0.4, -0.2) is 49.4 Å². The maximum absolute atomic E-state index is 12.8. The van der Waals surface area contributed by atoms with Crippen molar-refractivity contribution in [3.63, 3.8) is 0 Å². The van der Waals surface area contributed by atoms with E-state index in [1.807, 2.05) is 0 Å². The van der Waals surface area contributed by atoms with Gasteiger partial charge in [0.1, 0.15) is 0 Å². The van der Waals surface area contributed by atoms with Gasteiger partial charge in [-0.1, -0.05) is 12.1 Å². The molecule has 8 heteroatoms. The van der Waals surface area contributed by atoms with E-state index in [1.54, 1.807) is 6.92 Å². The lowest BCUT2D eigenvalue weighted by Gasteiger charge is -2.37. The maximum atomic E-state index is 12.8. The molecule has 0 unspecified atom stereocenters. The predicted molar refractivity (Wildman–Crippen MR) is 92.7 cm³/mol. The van der Waals surface area contributed by atoms with Gasteiger partial charge in [0.25, 0.3) is 5.91 Å². The molecule has 1 heterocycles. The summed E-state index contributed by atoms with van der Waals surface area (Å²) >= 11 is 0. The van der Waals surface area contributed by atoms with Gasteiger partial charge in [0, 0.05) is 24.7 Å². The van der Waals surface area contributed by atoms with Crippen molar-refractivity contribution < 1.29 is 23.1 Å². The number of amides is 1. The molecule has 1 amide bonds. The fraction of sp³-hybridized carbons (Fsp3) is 0.412. The van der Waals surface area contributed by atoms with Crippen LogP contribution in [0.5, 0.6) is 0 Å². The Hall–Kier alpha value is -2.19. The first-order chi connectivity index (χ1) is 11.8. The second-order valence-electron chi connectivity index (χ2n) is 5.99. The van der Waals surface area contributed by atoms with Crippen LogP contribution in [-0.2, 0) is 14.8 Å². The summed E-state index contributed by atoms with van der Waals surface area (Å²) in [6.45, 7) is 5.71. The Morgan fingerprint density at radius 1 is 1.44 bits per heavy atom. The van der Waals surface area contributed by atoms with Crippen molar-refractivity contribution in [2.45, 2.75) is 30.7 Å². The van der Waals surface area contributed by atoms with E-state index in [-0.39, 0.29) is 22.9 Å². The van der Waals surface area contributed by atoms with Crippen molar-refractivity contribution in [2.24, 2.45) is 5.92 Å². The molecular formula is C17H22N2O5S. The number of nitrogens with one attached hydrogen (secondary N) is 1. The van der Waals surface area contributed by atoms with Gasteiger partial charge in [0.05, 0.1) is 10.8 Å². The third kappa shape index (κ3) is 4.26. The largest absolute Gasteiger partial charge is 0.481 e. The highest BCUT2D eigenvalue weighted by atomic mass is 32.2. The van der Waals surface area contributed by atoms with E-state index in [0.717, 1.165) is 0 Å². The summed E-state index contributed by atoms with van der Waals surface area (Å²) < 4.78 is 26.7. The second-order valence-corrected chi connectivity index (χ2v) is 7.76. The van der Waals surface area contributed by atoms with Crippen LogP contribution in [0.15, 0.2) is 41.8 Å². The first-order valence-electron chi connectivity index (χ1n) is 8.02. The fourth-order valence-electron chi connectivity index (χ4n) is 2.97. The number of hydrogen-bond acceptors (Lipinski definition) is 4. The fourth-order valence-corrected chi connectivity index (χ4v) is 4.02. The van der Waals surface area contributed by atoms with E-state index in [4.69, 9.17) is 0 Å². The normalized spacial score (nSPS) is 20.9. The number of aliphatic carboxylic acids is 1. The first-order valence-corrected chi connectivity index (χ1v) is 9.50. The number of nitrogens with zero attached hydrogens (tertiary/aromatic N) is 1. The molecule has 0 bridgehead atoms. The minimum absolute atomic E-state index is 0.0142. The number of carboxylic acid groups (broad SMARTS) is 1. The summed E-state index contributed by atoms with van der Waals surface area (Å²) in [5.74, 6) is -1.90. The van der Waals surface area contributed by atoms with Crippen LogP contribution in [0.4, 0.5) is 0 Å². The maximum Gasteiger partial charge on any atom is 0.308 e. The van der Waals surface area contributed by atoms with Gasteiger partial charge in [0.15, 0.2) is 0 Å². The molecule has 1 fully saturated rings. The summed E-state index contributed by atoms with van der Waals surface area (Å²) in [5.41, 5.74) is 0.222. The number of carbonyl (C=O) groups excluding carboxylic acids is 1. The van der Waals surface area contributed by atoms with Crippen LogP contribution in [0, 0.1) is 5.92 Å². The summed E-state index contributed by atoms with van der Waals surface area (Å²) in [6, 6.07) is 5.30. The predicted octanol–water partition coefficient (Wildman–Crippen LogP) is 1.48. The smallest absolute Gasteiger partial charge is 0.308 e. The Morgan fingerprint density at radius 2 is 2.16 bits per heavy atom. The van der Waals surface area contributed by atoms with E-state index >= 15 is 0 Å². The lowest BCUT2D eigenvalue weighted by molar-refractivity contribution is -0.144. The van der Waals surface area contributed by atoms with Crippen molar-refractivity contribution in [3.05, 3.63) is 42.5 Å². The van der Waals surface area contributed by atoms with Crippen LogP contribution in [0.3, 0.4) is 0 Å². The number of piperidine rings is 1. The monoisotopic (exact) mass is 366 g/mol. The Kier molecular flexibility index (Phi) is 5.97. The van der Waals surface area contributed by atoms with Crippen LogP contribution in [0.2, 0.25) is 0 Å². The molecule has 136 valence electrons. The highest BCUT2D eigenvalue weighted by Crippen LogP contribution is 2.26. The molecule has 0 radical (unpaired) electrons. The second kappa shape index (κ2) is 7.79. The third-order valence-corrected chi connectivity index (χ3v) is 5.80. The standard InChI is InChI=1S/C17H22N2O5S/c1-3-9-18-25(23,24)14-7-4-6-13(11-14)16(20)19-10-5-8-15(12(19)2)17(21)22/h3-4,6-7,11-12,15,18H,1,5,8-10H2,2H3,(H,21,22)/t12-,15-/m1/s1. The number of carboxylic acids is 1. The molecule has 1 aliphatic heterocycles. The Balaban J connectivity index is 2.27. The van der Waals surface area contributed by atoms with E-state index in [2.05, 4.69) is 11.3 Å². The molecule has 7 nitrogen and oxygen atoms in total. The van der Waals surface area contributed by atoms with E-state index in [1.165, 1.54) is 35.2 Å². The van der Waals surface area contributed by atoms with Gasteiger partial charge in [-0.2, -0.15) is 0 Å². The van der Waals surface area contributed by atoms with Crippen LogP contribution >= 0.6 is 0 Å². The van der Waals surface area contributed by atoms with Crippen LogP contribution in [0.1, 0.15) is 30.1 Å². The van der Waals surface area contributed by atoms with Gasteiger partial charge in [-0.3, -0.25) is 9.59 Å². The third-order valence-electron chi connectivity index (χ3n) is 4.38. The molecule has 0 saturated carbocycles. The minimum atomic E-state index is -3.73. The van der Waals surface area contributed by atoms with Crippen molar-refractivity contribution in [1.29, 1.82) is 0 Å². The van der Waals surface area contributed by atoms with Crippen LogP contribution < -0.4 is 4.72 Å². The Morgan fingerprint density at radius 3 is 2.80 bits per heavy atom. The minimum Gasteiger partial charge on any atom is -0.481 e. The zero-order chi connectivity index (χ0) is 18.6. The highest BCUT2D eigenvalue weighted by molar-refractivity contribution is 7.89.